The summed E-state index contributed by atoms with van der Waals surface area (Å²) in [4.78, 5) is 16.6. The number of hydrogen-bond donors (Lipinski definition) is 0. The Balaban J connectivity index is 1.85. The number of ether oxygens (including phenoxy) is 1. The van der Waals surface area contributed by atoms with Crippen molar-refractivity contribution in [3.8, 4) is 5.75 Å². The van der Waals surface area contributed by atoms with Crippen LogP contribution < -0.4 is 9.75 Å². The summed E-state index contributed by atoms with van der Waals surface area (Å²) in [5.74, 6) is 0.480. The lowest BCUT2D eigenvalue weighted by Crippen LogP contribution is -2.25. The zero-order valence-electron chi connectivity index (χ0n) is 13.3. The first-order valence-electron chi connectivity index (χ1n) is 7.76. The molecule has 1 aliphatic heterocycles. The fourth-order valence-corrected chi connectivity index (χ4v) is 2.45. The van der Waals surface area contributed by atoms with E-state index >= 15 is 0 Å². The maximum atomic E-state index is 12.5. The van der Waals surface area contributed by atoms with Crippen LogP contribution in [0.15, 0.2) is 53.9 Å². The van der Waals surface area contributed by atoms with Crippen LogP contribution in [0.2, 0.25) is 0 Å². The molecule has 0 saturated heterocycles. The normalized spacial score (nSPS) is 17.3. The van der Waals surface area contributed by atoms with Gasteiger partial charge in [0.05, 0.1) is 23.9 Å². The number of benzene rings is 1. The van der Waals surface area contributed by atoms with Gasteiger partial charge < -0.3 is 4.74 Å². The maximum absolute atomic E-state index is 12.5. The fourth-order valence-electron chi connectivity index (χ4n) is 2.45. The SMILES string of the molecule is CCCOc1ccc(N2N=C(c3cccnc3)C(C)C2=O)cc1. The van der Waals surface area contributed by atoms with Gasteiger partial charge in [0.2, 0.25) is 0 Å². The number of nitrogens with zero attached hydrogens (tertiary/aromatic N) is 3. The Morgan fingerprint density at radius 2 is 2.00 bits per heavy atom. The third kappa shape index (κ3) is 3.08. The number of pyridine rings is 1. The Kier molecular flexibility index (Phi) is 4.37. The number of aromatic nitrogens is 1. The lowest BCUT2D eigenvalue weighted by molar-refractivity contribution is -0.119. The Morgan fingerprint density at radius 1 is 1.22 bits per heavy atom. The first kappa shape index (κ1) is 15.2. The van der Waals surface area contributed by atoms with Crippen molar-refractivity contribution in [2.45, 2.75) is 20.3 Å². The summed E-state index contributed by atoms with van der Waals surface area (Å²) in [6.07, 6.45) is 4.40. The number of hydrogen-bond acceptors (Lipinski definition) is 4. The van der Waals surface area contributed by atoms with E-state index in [9.17, 15) is 4.79 Å². The van der Waals surface area contributed by atoms with Crippen LogP contribution in [0.5, 0.6) is 5.75 Å². The van der Waals surface area contributed by atoms with Gasteiger partial charge in [-0.15, -0.1) is 0 Å². The second-order valence-corrected chi connectivity index (χ2v) is 5.44. The smallest absolute Gasteiger partial charge is 0.256 e. The molecular weight excluding hydrogens is 290 g/mol. The molecule has 1 amide bonds. The number of rotatable bonds is 5. The van der Waals surface area contributed by atoms with Crippen LogP contribution in [0.3, 0.4) is 0 Å². The molecule has 3 rings (SSSR count). The molecule has 118 valence electrons. The minimum Gasteiger partial charge on any atom is -0.494 e. The van der Waals surface area contributed by atoms with E-state index in [0.717, 1.165) is 29.1 Å². The van der Waals surface area contributed by atoms with E-state index in [0.29, 0.717) is 6.61 Å². The molecule has 2 aromatic rings. The number of amides is 1. The van der Waals surface area contributed by atoms with Gasteiger partial charge in [0.15, 0.2) is 0 Å². The molecule has 0 fully saturated rings. The van der Waals surface area contributed by atoms with Crippen molar-refractivity contribution in [1.82, 2.24) is 4.98 Å². The summed E-state index contributed by atoms with van der Waals surface area (Å²) in [5.41, 5.74) is 2.36. The molecular formula is C18H19N3O2. The van der Waals surface area contributed by atoms with Crippen LogP contribution in [0.4, 0.5) is 5.69 Å². The van der Waals surface area contributed by atoms with Crippen molar-refractivity contribution in [1.29, 1.82) is 0 Å². The van der Waals surface area contributed by atoms with Gasteiger partial charge >= 0.3 is 0 Å². The molecule has 1 aliphatic rings. The number of anilines is 1. The summed E-state index contributed by atoms with van der Waals surface area (Å²) in [7, 11) is 0. The van der Waals surface area contributed by atoms with Gasteiger partial charge in [-0.1, -0.05) is 6.92 Å². The first-order valence-corrected chi connectivity index (χ1v) is 7.76. The van der Waals surface area contributed by atoms with E-state index in [4.69, 9.17) is 4.74 Å². The molecule has 0 N–H and O–H groups in total. The van der Waals surface area contributed by atoms with E-state index in [1.807, 2.05) is 43.3 Å². The molecule has 2 heterocycles. The predicted octanol–water partition coefficient (Wildman–Crippen LogP) is 3.26. The Hall–Kier alpha value is -2.69. The van der Waals surface area contributed by atoms with Crippen LogP contribution in [0.1, 0.15) is 25.8 Å². The summed E-state index contributed by atoms with van der Waals surface area (Å²) in [5, 5.41) is 5.96. The van der Waals surface area contributed by atoms with Crippen molar-refractivity contribution in [3.05, 3.63) is 54.4 Å². The van der Waals surface area contributed by atoms with Crippen LogP contribution in [0, 0.1) is 5.92 Å². The number of carbonyl (C=O) groups is 1. The molecule has 1 unspecified atom stereocenters. The van der Waals surface area contributed by atoms with E-state index in [1.165, 1.54) is 5.01 Å². The molecule has 23 heavy (non-hydrogen) atoms. The molecule has 0 aliphatic carbocycles. The Bertz CT molecular complexity index is 711. The highest BCUT2D eigenvalue weighted by Crippen LogP contribution is 2.27. The summed E-state index contributed by atoms with van der Waals surface area (Å²) >= 11 is 0. The monoisotopic (exact) mass is 309 g/mol. The van der Waals surface area contributed by atoms with E-state index in [-0.39, 0.29) is 11.8 Å². The van der Waals surface area contributed by atoms with Gasteiger partial charge in [0, 0.05) is 18.0 Å². The minimum absolute atomic E-state index is 0.0360. The average Bonchev–Trinajstić information content (AvgIpc) is 2.90. The highest BCUT2D eigenvalue weighted by molar-refractivity contribution is 6.21. The van der Waals surface area contributed by atoms with Gasteiger partial charge in [-0.25, -0.2) is 0 Å². The highest BCUT2D eigenvalue weighted by atomic mass is 16.5. The Morgan fingerprint density at radius 3 is 2.65 bits per heavy atom. The fraction of sp³-hybridized carbons (Fsp3) is 0.278. The second-order valence-electron chi connectivity index (χ2n) is 5.44. The lowest BCUT2D eigenvalue weighted by atomic mass is 10.0. The zero-order valence-corrected chi connectivity index (χ0v) is 13.3. The van der Waals surface area contributed by atoms with Crippen molar-refractivity contribution >= 4 is 17.3 Å². The van der Waals surface area contributed by atoms with Gasteiger partial charge in [-0.05, 0) is 49.7 Å². The zero-order chi connectivity index (χ0) is 16.2. The largest absolute Gasteiger partial charge is 0.494 e. The van der Waals surface area contributed by atoms with Gasteiger partial charge in [-0.2, -0.15) is 10.1 Å². The summed E-state index contributed by atoms with van der Waals surface area (Å²) < 4.78 is 5.56. The lowest BCUT2D eigenvalue weighted by Gasteiger charge is -2.13. The summed E-state index contributed by atoms with van der Waals surface area (Å²) in [6.45, 7) is 4.61. The van der Waals surface area contributed by atoms with E-state index < -0.39 is 0 Å². The molecule has 5 nitrogen and oxygen atoms in total. The quantitative estimate of drug-likeness (QED) is 0.852. The molecule has 1 aromatic carbocycles. The van der Waals surface area contributed by atoms with Crippen LogP contribution in [-0.2, 0) is 4.79 Å². The number of carbonyl (C=O) groups excluding carboxylic acids is 1. The van der Waals surface area contributed by atoms with Gasteiger partial charge in [0.1, 0.15) is 5.75 Å². The second kappa shape index (κ2) is 6.60. The molecule has 1 atom stereocenters. The first-order chi connectivity index (χ1) is 11.2. The maximum Gasteiger partial charge on any atom is 0.256 e. The van der Waals surface area contributed by atoms with Crippen LogP contribution >= 0.6 is 0 Å². The third-order valence-corrected chi connectivity index (χ3v) is 3.71. The molecule has 0 saturated carbocycles. The van der Waals surface area contributed by atoms with Crippen LogP contribution in [0.25, 0.3) is 0 Å². The third-order valence-electron chi connectivity index (χ3n) is 3.71. The van der Waals surface area contributed by atoms with Crippen molar-refractivity contribution < 1.29 is 9.53 Å². The molecule has 5 heteroatoms. The molecule has 1 aromatic heterocycles. The van der Waals surface area contributed by atoms with Crippen molar-refractivity contribution in [2.24, 2.45) is 11.0 Å². The van der Waals surface area contributed by atoms with Crippen molar-refractivity contribution in [2.75, 3.05) is 11.6 Å². The minimum atomic E-state index is -0.282. The number of hydrazone groups is 1. The van der Waals surface area contributed by atoms with Gasteiger partial charge in [0.25, 0.3) is 5.91 Å². The van der Waals surface area contributed by atoms with E-state index in [1.54, 1.807) is 12.4 Å². The highest BCUT2D eigenvalue weighted by Gasteiger charge is 2.34. The molecule has 0 bridgehead atoms. The van der Waals surface area contributed by atoms with Crippen LogP contribution in [-0.4, -0.2) is 23.2 Å². The predicted molar refractivity (Wildman–Crippen MR) is 89.7 cm³/mol. The summed E-state index contributed by atoms with van der Waals surface area (Å²) in [6, 6.07) is 11.2. The molecule has 0 spiro atoms. The standard InChI is InChI=1S/C18H19N3O2/c1-3-11-23-16-8-6-15(7-9-16)21-18(22)13(2)17(20-21)14-5-4-10-19-12-14/h4-10,12-13H,3,11H2,1-2H3. The van der Waals surface area contributed by atoms with E-state index in [2.05, 4.69) is 17.0 Å². The van der Waals surface area contributed by atoms with Gasteiger partial charge in [-0.3, -0.25) is 9.78 Å². The topological polar surface area (TPSA) is 54.8 Å². The molecule has 0 radical (unpaired) electrons. The Labute approximate surface area is 135 Å². The average molecular weight is 309 g/mol. The van der Waals surface area contributed by atoms with Crippen molar-refractivity contribution in [3.63, 3.8) is 0 Å².